The van der Waals surface area contributed by atoms with Gasteiger partial charge >= 0.3 is 0 Å². The first-order valence-electron chi connectivity index (χ1n) is 8.73. The fourth-order valence-electron chi connectivity index (χ4n) is 2.55. The highest BCUT2D eigenvalue weighted by atomic mass is 16.3. The normalized spacial score (nSPS) is 13.0. The molecule has 2 unspecified atom stereocenters. The number of hydrogen-bond donors (Lipinski definition) is 2. The number of benzene rings is 1. The van der Waals surface area contributed by atoms with E-state index < -0.39 is 6.04 Å². The molecule has 0 fully saturated rings. The Kier molecular flexibility index (Phi) is 7.26. The van der Waals surface area contributed by atoms with Gasteiger partial charge in [0.25, 0.3) is 0 Å². The maximum absolute atomic E-state index is 12.5. The number of rotatable bonds is 9. The lowest BCUT2D eigenvalue weighted by molar-refractivity contribution is -0.130. The van der Waals surface area contributed by atoms with E-state index in [1.165, 1.54) is 0 Å². The van der Waals surface area contributed by atoms with E-state index in [0.29, 0.717) is 25.1 Å². The second kappa shape index (κ2) is 9.67. The number of carbonyl (C=O) groups excluding carboxylic acids is 2. The number of furan rings is 1. The monoisotopic (exact) mass is 342 g/mol. The summed E-state index contributed by atoms with van der Waals surface area (Å²) < 4.78 is 5.22. The van der Waals surface area contributed by atoms with Crippen LogP contribution in [0.4, 0.5) is 0 Å². The highest BCUT2D eigenvalue weighted by Crippen LogP contribution is 2.10. The van der Waals surface area contributed by atoms with Gasteiger partial charge in [0.2, 0.25) is 11.8 Å². The number of nitrogens with one attached hydrogen (secondary N) is 2. The van der Waals surface area contributed by atoms with Crippen LogP contribution in [-0.2, 0) is 22.6 Å². The summed E-state index contributed by atoms with van der Waals surface area (Å²) >= 11 is 0. The predicted octanol–water partition coefficient (Wildman–Crippen LogP) is 3.06. The smallest absolute Gasteiger partial charge is 0.243 e. The fourth-order valence-corrected chi connectivity index (χ4v) is 2.55. The van der Waals surface area contributed by atoms with E-state index in [2.05, 4.69) is 10.6 Å². The van der Waals surface area contributed by atoms with Gasteiger partial charge in [0.05, 0.1) is 12.8 Å². The lowest BCUT2D eigenvalue weighted by Gasteiger charge is -2.23. The molecule has 0 saturated carbocycles. The van der Waals surface area contributed by atoms with E-state index in [0.717, 1.165) is 12.0 Å². The number of carbonyl (C=O) groups is 2. The Labute approximate surface area is 148 Å². The molecule has 1 aromatic heterocycles. The molecule has 2 N–H and O–H groups in total. The van der Waals surface area contributed by atoms with Crippen LogP contribution in [0.25, 0.3) is 0 Å². The van der Waals surface area contributed by atoms with Crippen molar-refractivity contribution in [2.24, 2.45) is 5.92 Å². The predicted molar refractivity (Wildman–Crippen MR) is 96.7 cm³/mol. The van der Waals surface area contributed by atoms with Crippen LogP contribution < -0.4 is 10.6 Å². The largest absolute Gasteiger partial charge is 0.467 e. The second-order valence-corrected chi connectivity index (χ2v) is 6.21. The zero-order valence-electron chi connectivity index (χ0n) is 14.8. The van der Waals surface area contributed by atoms with Crippen LogP contribution in [0.2, 0.25) is 0 Å². The van der Waals surface area contributed by atoms with Gasteiger partial charge in [0.15, 0.2) is 0 Å². The standard InChI is InChI=1S/C20H26N2O3/c1-3-15(2)19(20(24)21-14-17-10-7-13-25-17)22-18(23)12-11-16-8-5-4-6-9-16/h4-10,13,15,19H,3,11-12,14H2,1-2H3,(H,21,24)(H,22,23). The summed E-state index contributed by atoms with van der Waals surface area (Å²) in [5.41, 5.74) is 1.11. The first kappa shape index (κ1) is 18.8. The lowest BCUT2D eigenvalue weighted by Crippen LogP contribution is -2.50. The minimum Gasteiger partial charge on any atom is -0.467 e. The quantitative estimate of drug-likeness (QED) is 0.736. The average molecular weight is 342 g/mol. The van der Waals surface area contributed by atoms with Gasteiger partial charge in [-0.1, -0.05) is 50.6 Å². The van der Waals surface area contributed by atoms with E-state index in [4.69, 9.17) is 4.42 Å². The van der Waals surface area contributed by atoms with Crippen LogP contribution in [0.3, 0.4) is 0 Å². The van der Waals surface area contributed by atoms with Gasteiger partial charge in [-0.25, -0.2) is 0 Å². The van der Waals surface area contributed by atoms with Crippen molar-refractivity contribution in [1.29, 1.82) is 0 Å². The van der Waals surface area contributed by atoms with Gasteiger partial charge in [-0.05, 0) is 30.0 Å². The van der Waals surface area contributed by atoms with Crippen molar-refractivity contribution in [3.05, 3.63) is 60.1 Å². The number of amides is 2. The summed E-state index contributed by atoms with van der Waals surface area (Å²) in [6.45, 7) is 4.29. The van der Waals surface area contributed by atoms with E-state index >= 15 is 0 Å². The molecule has 0 saturated heterocycles. The van der Waals surface area contributed by atoms with Gasteiger partial charge in [-0.15, -0.1) is 0 Å². The van der Waals surface area contributed by atoms with Crippen molar-refractivity contribution in [1.82, 2.24) is 10.6 Å². The Balaban J connectivity index is 1.87. The molecule has 0 spiro atoms. The fraction of sp³-hybridized carbons (Fsp3) is 0.400. The van der Waals surface area contributed by atoms with E-state index in [9.17, 15) is 9.59 Å². The maximum Gasteiger partial charge on any atom is 0.243 e. The van der Waals surface area contributed by atoms with Gasteiger partial charge in [-0.2, -0.15) is 0 Å². The van der Waals surface area contributed by atoms with Crippen molar-refractivity contribution in [3.8, 4) is 0 Å². The SMILES string of the molecule is CCC(C)C(NC(=O)CCc1ccccc1)C(=O)NCc1ccco1. The lowest BCUT2D eigenvalue weighted by atomic mass is 9.98. The minimum absolute atomic E-state index is 0.0530. The molecular formula is C20H26N2O3. The summed E-state index contributed by atoms with van der Waals surface area (Å²) in [5, 5.41) is 5.72. The Hall–Kier alpha value is -2.56. The van der Waals surface area contributed by atoms with Crippen LogP contribution in [0.1, 0.15) is 38.0 Å². The number of hydrogen-bond acceptors (Lipinski definition) is 3. The Morgan fingerprint density at radius 1 is 1.12 bits per heavy atom. The average Bonchev–Trinajstić information content (AvgIpc) is 3.16. The molecule has 0 aliphatic heterocycles. The molecule has 5 nitrogen and oxygen atoms in total. The molecule has 2 amide bonds. The van der Waals surface area contributed by atoms with Crippen molar-refractivity contribution in [3.63, 3.8) is 0 Å². The third-order valence-corrected chi connectivity index (χ3v) is 4.31. The highest BCUT2D eigenvalue weighted by molar-refractivity contribution is 5.87. The Bertz CT molecular complexity index is 653. The molecule has 134 valence electrons. The molecule has 0 aliphatic carbocycles. The molecule has 0 aliphatic rings. The molecule has 0 bridgehead atoms. The van der Waals surface area contributed by atoms with Crippen LogP contribution in [0.15, 0.2) is 53.1 Å². The minimum atomic E-state index is -0.539. The van der Waals surface area contributed by atoms with Crippen LogP contribution >= 0.6 is 0 Å². The molecule has 25 heavy (non-hydrogen) atoms. The summed E-state index contributed by atoms with van der Waals surface area (Å²) in [7, 11) is 0. The topological polar surface area (TPSA) is 71.3 Å². The molecule has 0 radical (unpaired) electrons. The molecule has 2 rings (SSSR count). The van der Waals surface area contributed by atoms with Gasteiger partial charge in [0.1, 0.15) is 11.8 Å². The van der Waals surface area contributed by atoms with Crippen molar-refractivity contribution < 1.29 is 14.0 Å². The summed E-state index contributed by atoms with van der Waals surface area (Å²) in [4.78, 5) is 24.8. The van der Waals surface area contributed by atoms with Gasteiger partial charge in [0, 0.05) is 6.42 Å². The Morgan fingerprint density at radius 2 is 1.88 bits per heavy atom. The molecule has 1 heterocycles. The maximum atomic E-state index is 12.5. The first-order chi connectivity index (χ1) is 12.1. The van der Waals surface area contributed by atoms with Crippen molar-refractivity contribution in [2.45, 2.75) is 45.7 Å². The zero-order valence-corrected chi connectivity index (χ0v) is 14.8. The first-order valence-corrected chi connectivity index (χ1v) is 8.73. The third-order valence-electron chi connectivity index (χ3n) is 4.31. The van der Waals surface area contributed by atoms with E-state index in [1.54, 1.807) is 18.4 Å². The zero-order chi connectivity index (χ0) is 18.1. The molecule has 1 aromatic carbocycles. The molecular weight excluding hydrogens is 316 g/mol. The van der Waals surface area contributed by atoms with E-state index in [1.807, 2.05) is 44.2 Å². The number of aryl methyl sites for hydroxylation is 1. The highest BCUT2D eigenvalue weighted by Gasteiger charge is 2.25. The van der Waals surface area contributed by atoms with Crippen molar-refractivity contribution >= 4 is 11.8 Å². The van der Waals surface area contributed by atoms with Crippen LogP contribution in [0.5, 0.6) is 0 Å². The Morgan fingerprint density at radius 3 is 2.52 bits per heavy atom. The van der Waals surface area contributed by atoms with Gasteiger partial charge in [-0.3, -0.25) is 9.59 Å². The third kappa shape index (κ3) is 6.10. The molecule has 2 aromatic rings. The summed E-state index contributed by atoms with van der Waals surface area (Å²) in [6.07, 6.45) is 3.40. The van der Waals surface area contributed by atoms with Crippen LogP contribution in [0, 0.1) is 5.92 Å². The summed E-state index contributed by atoms with van der Waals surface area (Å²) in [6, 6.07) is 12.9. The van der Waals surface area contributed by atoms with Crippen LogP contribution in [-0.4, -0.2) is 17.9 Å². The second-order valence-electron chi connectivity index (χ2n) is 6.21. The van der Waals surface area contributed by atoms with E-state index in [-0.39, 0.29) is 17.7 Å². The molecule has 5 heteroatoms. The van der Waals surface area contributed by atoms with Crippen molar-refractivity contribution in [2.75, 3.05) is 0 Å². The van der Waals surface area contributed by atoms with Gasteiger partial charge < -0.3 is 15.1 Å². The molecule has 2 atom stereocenters. The summed E-state index contributed by atoms with van der Waals surface area (Å²) in [5.74, 6) is 0.449.